The van der Waals surface area contributed by atoms with Crippen LogP contribution in [0, 0.1) is 6.92 Å². The van der Waals surface area contributed by atoms with Crippen molar-refractivity contribution in [1.82, 2.24) is 4.98 Å². The lowest BCUT2D eigenvalue weighted by Crippen LogP contribution is -2.14. The zero-order valence-electron chi connectivity index (χ0n) is 10.5. The Morgan fingerprint density at radius 2 is 2.10 bits per heavy atom. The highest BCUT2D eigenvalue weighted by atomic mass is 35.5. The van der Waals surface area contributed by atoms with Crippen molar-refractivity contribution in [3.63, 3.8) is 0 Å². The molecular weight excluding hydrogens is 301 g/mol. The Hall–Kier alpha value is -1.98. The Kier molecular flexibility index (Phi) is 4.32. The summed E-state index contributed by atoms with van der Waals surface area (Å²) in [5.74, 6) is 0.429. The Morgan fingerprint density at radius 3 is 2.80 bits per heavy atom. The molecule has 0 saturated carbocycles. The molecule has 0 amide bonds. The Labute approximate surface area is 125 Å². The smallest absolute Gasteiger partial charge is 0.238 e. The Morgan fingerprint density at radius 1 is 1.35 bits per heavy atom. The van der Waals surface area contributed by atoms with Crippen LogP contribution >= 0.6 is 23.2 Å². The Bertz CT molecular complexity index is 675. The summed E-state index contributed by atoms with van der Waals surface area (Å²) in [7, 11) is 0. The van der Waals surface area contributed by atoms with Gasteiger partial charge in [0, 0.05) is 11.8 Å². The summed E-state index contributed by atoms with van der Waals surface area (Å²) in [6.07, 6.45) is 1.44. The second-order valence-corrected chi connectivity index (χ2v) is 4.78. The van der Waals surface area contributed by atoms with E-state index in [1.807, 2.05) is 13.0 Å². The highest BCUT2D eigenvalue weighted by Crippen LogP contribution is 2.34. The number of pyridine rings is 1. The summed E-state index contributed by atoms with van der Waals surface area (Å²) < 4.78 is 5.59. The average Bonchev–Trinajstić information content (AvgIpc) is 2.44. The molecule has 0 aliphatic heterocycles. The van der Waals surface area contributed by atoms with Crippen molar-refractivity contribution in [2.24, 2.45) is 10.9 Å². The molecule has 0 spiro atoms. The van der Waals surface area contributed by atoms with Gasteiger partial charge in [-0.25, -0.2) is 4.98 Å². The molecule has 1 heterocycles. The standard InChI is InChI=1S/C13H11Cl2N3O2/c1-7-2-3-9(14)10(6-7)20-13-11(15)8(4-5-17-13)12(16)18-19/h2-6,19H,1H3,(H2,16,18). The minimum atomic E-state index is -0.127. The number of aryl methyl sites for hydroxylation is 1. The summed E-state index contributed by atoms with van der Waals surface area (Å²) in [6.45, 7) is 1.91. The molecule has 0 atom stereocenters. The van der Waals surface area contributed by atoms with Gasteiger partial charge in [0.05, 0.1) is 5.02 Å². The second kappa shape index (κ2) is 5.98. The third-order valence-corrected chi connectivity index (χ3v) is 3.21. The van der Waals surface area contributed by atoms with E-state index in [4.69, 9.17) is 38.9 Å². The minimum absolute atomic E-state index is 0.127. The number of amidine groups is 1. The largest absolute Gasteiger partial charge is 0.436 e. The molecule has 0 bridgehead atoms. The van der Waals surface area contributed by atoms with Gasteiger partial charge in [-0.1, -0.05) is 34.4 Å². The van der Waals surface area contributed by atoms with Gasteiger partial charge < -0.3 is 15.7 Å². The monoisotopic (exact) mass is 311 g/mol. The van der Waals surface area contributed by atoms with Gasteiger partial charge in [-0.05, 0) is 30.7 Å². The third-order valence-electron chi connectivity index (χ3n) is 2.53. The number of ether oxygens (including phenoxy) is 1. The van der Waals surface area contributed by atoms with Crippen molar-refractivity contribution in [1.29, 1.82) is 0 Å². The van der Waals surface area contributed by atoms with Crippen LogP contribution in [0.5, 0.6) is 11.6 Å². The zero-order valence-corrected chi connectivity index (χ0v) is 12.0. The van der Waals surface area contributed by atoms with Crippen LogP contribution in [-0.2, 0) is 0 Å². The molecular formula is C13H11Cl2N3O2. The molecule has 5 nitrogen and oxygen atoms in total. The molecule has 0 radical (unpaired) electrons. The summed E-state index contributed by atoms with van der Waals surface area (Å²) >= 11 is 12.2. The van der Waals surface area contributed by atoms with E-state index < -0.39 is 0 Å². The summed E-state index contributed by atoms with van der Waals surface area (Å²) in [5.41, 5.74) is 6.82. The minimum Gasteiger partial charge on any atom is -0.436 e. The van der Waals surface area contributed by atoms with Gasteiger partial charge in [0.1, 0.15) is 10.8 Å². The van der Waals surface area contributed by atoms with Crippen molar-refractivity contribution >= 4 is 29.0 Å². The maximum atomic E-state index is 8.70. The highest BCUT2D eigenvalue weighted by Gasteiger charge is 2.14. The first-order valence-corrected chi connectivity index (χ1v) is 6.35. The number of nitrogens with zero attached hydrogens (tertiary/aromatic N) is 2. The summed E-state index contributed by atoms with van der Waals surface area (Å²) in [6, 6.07) is 6.85. The van der Waals surface area contributed by atoms with Crippen LogP contribution in [0.2, 0.25) is 10.0 Å². The van der Waals surface area contributed by atoms with Crippen LogP contribution in [0.3, 0.4) is 0 Å². The number of rotatable bonds is 3. The fourth-order valence-electron chi connectivity index (χ4n) is 1.54. The molecule has 104 valence electrons. The van der Waals surface area contributed by atoms with Crippen LogP contribution < -0.4 is 10.5 Å². The number of hydrogen-bond acceptors (Lipinski definition) is 4. The molecule has 7 heteroatoms. The van der Waals surface area contributed by atoms with E-state index in [9.17, 15) is 0 Å². The van der Waals surface area contributed by atoms with Crippen molar-refractivity contribution in [2.75, 3.05) is 0 Å². The second-order valence-electron chi connectivity index (χ2n) is 4.00. The van der Waals surface area contributed by atoms with Gasteiger partial charge >= 0.3 is 0 Å². The SMILES string of the molecule is Cc1ccc(Cl)c(Oc2nccc(/C(N)=N/O)c2Cl)c1. The van der Waals surface area contributed by atoms with Gasteiger partial charge in [0.2, 0.25) is 5.88 Å². The van der Waals surface area contributed by atoms with Crippen molar-refractivity contribution in [3.8, 4) is 11.6 Å². The van der Waals surface area contributed by atoms with Crippen molar-refractivity contribution < 1.29 is 9.94 Å². The lowest BCUT2D eigenvalue weighted by molar-refractivity contribution is 0.318. The molecule has 20 heavy (non-hydrogen) atoms. The Balaban J connectivity index is 2.42. The van der Waals surface area contributed by atoms with Gasteiger partial charge in [-0.3, -0.25) is 0 Å². The lowest BCUT2D eigenvalue weighted by atomic mass is 10.2. The first-order valence-electron chi connectivity index (χ1n) is 5.59. The number of nitrogens with two attached hydrogens (primary N) is 1. The summed E-state index contributed by atoms with van der Waals surface area (Å²) in [4.78, 5) is 4.02. The molecule has 2 aromatic rings. The maximum Gasteiger partial charge on any atom is 0.238 e. The van der Waals surface area contributed by atoms with Gasteiger partial charge in [-0.2, -0.15) is 0 Å². The van der Waals surface area contributed by atoms with E-state index in [2.05, 4.69) is 10.1 Å². The van der Waals surface area contributed by atoms with Gasteiger partial charge in [0.25, 0.3) is 0 Å². The van der Waals surface area contributed by atoms with Gasteiger partial charge in [0.15, 0.2) is 5.84 Å². The molecule has 2 rings (SSSR count). The normalized spacial score (nSPS) is 11.4. The first kappa shape index (κ1) is 14.4. The topological polar surface area (TPSA) is 80.7 Å². The van der Waals surface area contributed by atoms with E-state index in [1.165, 1.54) is 12.3 Å². The molecule has 1 aromatic carbocycles. The molecule has 0 fully saturated rings. The number of oxime groups is 1. The van der Waals surface area contributed by atoms with E-state index in [0.717, 1.165) is 5.56 Å². The van der Waals surface area contributed by atoms with Crippen LogP contribution in [-0.4, -0.2) is 16.0 Å². The number of benzene rings is 1. The third kappa shape index (κ3) is 2.95. The van der Waals surface area contributed by atoms with Crippen molar-refractivity contribution in [3.05, 3.63) is 51.6 Å². The van der Waals surface area contributed by atoms with E-state index in [1.54, 1.807) is 12.1 Å². The highest BCUT2D eigenvalue weighted by molar-refractivity contribution is 6.35. The summed E-state index contributed by atoms with van der Waals surface area (Å²) in [5, 5.41) is 12.2. The van der Waals surface area contributed by atoms with Crippen LogP contribution in [0.15, 0.2) is 35.6 Å². The lowest BCUT2D eigenvalue weighted by Gasteiger charge is -2.10. The predicted molar refractivity (Wildman–Crippen MR) is 78.0 cm³/mol. The van der Waals surface area contributed by atoms with E-state index in [0.29, 0.717) is 16.3 Å². The molecule has 3 N–H and O–H groups in total. The van der Waals surface area contributed by atoms with E-state index in [-0.39, 0.29) is 16.7 Å². The van der Waals surface area contributed by atoms with Crippen molar-refractivity contribution in [2.45, 2.75) is 6.92 Å². The van der Waals surface area contributed by atoms with Crippen LogP contribution in [0.1, 0.15) is 11.1 Å². The zero-order chi connectivity index (χ0) is 14.7. The quantitative estimate of drug-likeness (QED) is 0.393. The number of aromatic nitrogens is 1. The molecule has 0 saturated heterocycles. The molecule has 0 aliphatic rings. The molecule has 0 aliphatic carbocycles. The van der Waals surface area contributed by atoms with Gasteiger partial charge in [-0.15, -0.1) is 0 Å². The van der Waals surface area contributed by atoms with Crippen LogP contribution in [0.4, 0.5) is 0 Å². The average molecular weight is 312 g/mol. The van der Waals surface area contributed by atoms with Crippen LogP contribution in [0.25, 0.3) is 0 Å². The first-order chi connectivity index (χ1) is 9.52. The fraction of sp³-hybridized carbons (Fsp3) is 0.0769. The number of halogens is 2. The fourth-order valence-corrected chi connectivity index (χ4v) is 1.94. The van der Waals surface area contributed by atoms with E-state index >= 15 is 0 Å². The molecule has 0 unspecified atom stereocenters. The predicted octanol–water partition coefficient (Wildman–Crippen LogP) is 3.58. The maximum absolute atomic E-state index is 8.70. The number of hydrogen-bond donors (Lipinski definition) is 2. The molecule has 1 aromatic heterocycles.